The number of rotatable bonds is 7. The molecular weight excluding hydrogens is 208 g/mol. The minimum absolute atomic E-state index is 0.308. The highest BCUT2D eigenvalue weighted by Crippen LogP contribution is 2.22. The number of allylic oxidation sites excluding steroid dienone is 1. The molecule has 0 saturated carbocycles. The largest absolute Gasteiger partial charge is 0.388 e. The van der Waals surface area contributed by atoms with Gasteiger partial charge in [-0.25, -0.2) is 0 Å². The van der Waals surface area contributed by atoms with Gasteiger partial charge in [0.15, 0.2) is 0 Å². The number of hydrogen-bond donors (Lipinski definition) is 1. The molecule has 17 heavy (non-hydrogen) atoms. The van der Waals surface area contributed by atoms with Crippen LogP contribution in [0.25, 0.3) is 0 Å². The zero-order valence-corrected chi connectivity index (χ0v) is 11.1. The maximum atomic E-state index is 10.1. The van der Waals surface area contributed by atoms with Crippen molar-refractivity contribution in [3.8, 4) is 0 Å². The smallest absolute Gasteiger partial charge is 0.0790 e. The molecule has 0 radical (unpaired) electrons. The van der Waals surface area contributed by atoms with Crippen molar-refractivity contribution < 1.29 is 5.11 Å². The molecule has 0 aliphatic rings. The van der Waals surface area contributed by atoms with E-state index in [4.69, 9.17) is 0 Å². The van der Waals surface area contributed by atoms with Crippen molar-refractivity contribution >= 4 is 0 Å². The average Bonchev–Trinajstić information content (AvgIpc) is 2.27. The summed E-state index contributed by atoms with van der Waals surface area (Å²) in [5.74, 6) is 0. The average molecular weight is 232 g/mol. The van der Waals surface area contributed by atoms with Crippen LogP contribution in [0.4, 0.5) is 0 Å². The summed E-state index contributed by atoms with van der Waals surface area (Å²) in [7, 11) is 0. The molecule has 1 N–H and O–H groups in total. The molecule has 0 fully saturated rings. The van der Waals surface area contributed by atoms with Crippen molar-refractivity contribution in [3.63, 3.8) is 0 Å². The van der Waals surface area contributed by atoms with Crippen LogP contribution in [0.2, 0.25) is 0 Å². The van der Waals surface area contributed by atoms with Gasteiger partial charge in [-0.3, -0.25) is 0 Å². The van der Waals surface area contributed by atoms with E-state index in [2.05, 4.69) is 38.6 Å². The van der Waals surface area contributed by atoms with Gasteiger partial charge in [-0.05, 0) is 38.7 Å². The van der Waals surface area contributed by atoms with Gasteiger partial charge in [0, 0.05) is 0 Å². The van der Waals surface area contributed by atoms with Gasteiger partial charge in [0.2, 0.25) is 0 Å². The molecule has 1 nitrogen and oxygen atoms in total. The Morgan fingerprint density at radius 1 is 1.12 bits per heavy atom. The monoisotopic (exact) mass is 232 g/mol. The molecule has 1 atom stereocenters. The van der Waals surface area contributed by atoms with Gasteiger partial charge in [-0.15, -0.1) is 6.58 Å². The second kappa shape index (κ2) is 7.29. The fraction of sp³-hybridized carbons (Fsp3) is 0.500. The van der Waals surface area contributed by atoms with Crippen molar-refractivity contribution in [2.24, 2.45) is 0 Å². The van der Waals surface area contributed by atoms with E-state index < -0.39 is 0 Å². The van der Waals surface area contributed by atoms with Gasteiger partial charge in [-0.2, -0.15) is 0 Å². The zero-order chi connectivity index (χ0) is 12.7. The lowest BCUT2D eigenvalue weighted by Gasteiger charge is -2.12. The lowest BCUT2D eigenvalue weighted by atomic mass is 9.99. The summed E-state index contributed by atoms with van der Waals surface area (Å²) in [4.78, 5) is 0. The molecule has 0 aromatic heterocycles. The highest BCUT2D eigenvalue weighted by molar-refractivity contribution is 5.29. The van der Waals surface area contributed by atoms with E-state index in [0.29, 0.717) is 0 Å². The van der Waals surface area contributed by atoms with E-state index >= 15 is 0 Å². The molecule has 94 valence electrons. The molecule has 1 unspecified atom stereocenters. The van der Waals surface area contributed by atoms with Crippen LogP contribution in [0.15, 0.2) is 30.9 Å². The zero-order valence-electron chi connectivity index (χ0n) is 11.1. The van der Waals surface area contributed by atoms with Gasteiger partial charge < -0.3 is 5.11 Å². The highest BCUT2D eigenvalue weighted by Gasteiger charge is 2.07. The highest BCUT2D eigenvalue weighted by atomic mass is 16.3. The second-order valence-electron chi connectivity index (χ2n) is 4.86. The van der Waals surface area contributed by atoms with E-state index in [9.17, 15) is 5.11 Å². The SMILES string of the molecule is C=CCCCCCC(O)c1cc(C)cc(C)c1. The molecule has 1 aromatic carbocycles. The van der Waals surface area contributed by atoms with Crippen LogP contribution in [-0.4, -0.2) is 5.11 Å². The summed E-state index contributed by atoms with van der Waals surface area (Å²) in [6.07, 6.45) is 7.04. The van der Waals surface area contributed by atoms with E-state index in [1.165, 1.54) is 24.0 Å². The molecular formula is C16H24O. The number of aliphatic hydroxyl groups is 1. The Morgan fingerprint density at radius 2 is 1.76 bits per heavy atom. The van der Waals surface area contributed by atoms with Gasteiger partial charge in [0.25, 0.3) is 0 Å². The van der Waals surface area contributed by atoms with E-state index in [0.717, 1.165) is 24.8 Å². The van der Waals surface area contributed by atoms with E-state index in [1.54, 1.807) is 0 Å². The number of aliphatic hydroxyl groups excluding tert-OH is 1. The molecule has 0 aliphatic heterocycles. The van der Waals surface area contributed by atoms with Crippen LogP contribution < -0.4 is 0 Å². The van der Waals surface area contributed by atoms with E-state index in [1.807, 2.05) is 6.08 Å². The molecule has 1 aromatic rings. The molecule has 0 bridgehead atoms. The topological polar surface area (TPSA) is 20.2 Å². The number of benzene rings is 1. The second-order valence-corrected chi connectivity index (χ2v) is 4.86. The summed E-state index contributed by atoms with van der Waals surface area (Å²) in [6.45, 7) is 7.86. The molecule has 1 rings (SSSR count). The Hall–Kier alpha value is -1.08. The van der Waals surface area contributed by atoms with Crippen molar-refractivity contribution in [3.05, 3.63) is 47.5 Å². The first kappa shape index (κ1) is 14.0. The Kier molecular flexibility index (Phi) is 5.99. The Bertz CT molecular complexity index is 334. The van der Waals surface area contributed by atoms with Crippen LogP contribution in [-0.2, 0) is 0 Å². The standard InChI is InChI=1S/C16H24O/c1-4-5-6-7-8-9-16(17)15-11-13(2)10-14(3)12-15/h4,10-12,16-17H,1,5-9H2,2-3H3. The summed E-state index contributed by atoms with van der Waals surface area (Å²) in [6, 6.07) is 6.31. The minimum Gasteiger partial charge on any atom is -0.388 e. The van der Waals surface area contributed by atoms with Crippen molar-refractivity contribution in [2.45, 2.75) is 52.1 Å². The summed E-state index contributed by atoms with van der Waals surface area (Å²) >= 11 is 0. The van der Waals surface area contributed by atoms with Gasteiger partial charge in [0.05, 0.1) is 6.10 Å². The Morgan fingerprint density at radius 3 is 2.35 bits per heavy atom. The van der Waals surface area contributed by atoms with Crippen LogP contribution in [0, 0.1) is 13.8 Å². The van der Waals surface area contributed by atoms with Gasteiger partial charge in [0.1, 0.15) is 0 Å². The third kappa shape index (κ3) is 5.18. The first-order valence-corrected chi connectivity index (χ1v) is 6.50. The molecule has 0 heterocycles. The van der Waals surface area contributed by atoms with Crippen molar-refractivity contribution in [2.75, 3.05) is 0 Å². The fourth-order valence-corrected chi connectivity index (χ4v) is 2.17. The van der Waals surface area contributed by atoms with Crippen molar-refractivity contribution in [1.29, 1.82) is 0 Å². The maximum absolute atomic E-state index is 10.1. The lowest BCUT2D eigenvalue weighted by Crippen LogP contribution is -1.98. The van der Waals surface area contributed by atoms with Gasteiger partial charge >= 0.3 is 0 Å². The molecule has 0 spiro atoms. The maximum Gasteiger partial charge on any atom is 0.0790 e. The fourth-order valence-electron chi connectivity index (χ4n) is 2.17. The predicted octanol–water partition coefficient (Wildman–Crippen LogP) is 4.47. The molecule has 1 heteroatoms. The van der Waals surface area contributed by atoms with Crippen LogP contribution in [0.5, 0.6) is 0 Å². The summed E-state index contributed by atoms with van der Waals surface area (Å²) < 4.78 is 0. The molecule has 0 saturated heterocycles. The number of unbranched alkanes of at least 4 members (excludes halogenated alkanes) is 3. The normalized spacial score (nSPS) is 12.4. The number of aryl methyl sites for hydroxylation is 2. The molecule has 0 aliphatic carbocycles. The minimum atomic E-state index is -0.308. The number of hydrogen-bond acceptors (Lipinski definition) is 1. The summed E-state index contributed by atoms with van der Waals surface area (Å²) in [5, 5.41) is 10.1. The van der Waals surface area contributed by atoms with Crippen LogP contribution in [0.3, 0.4) is 0 Å². The quantitative estimate of drug-likeness (QED) is 0.543. The van der Waals surface area contributed by atoms with E-state index in [-0.39, 0.29) is 6.10 Å². The third-order valence-electron chi connectivity index (χ3n) is 3.01. The van der Waals surface area contributed by atoms with Crippen LogP contribution in [0.1, 0.15) is 54.9 Å². The summed E-state index contributed by atoms with van der Waals surface area (Å²) in [5.41, 5.74) is 3.52. The first-order chi connectivity index (χ1) is 8.13. The Balaban J connectivity index is 2.40. The van der Waals surface area contributed by atoms with Crippen LogP contribution >= 0.6 is 0 Å². The van der Waals surface area contributed by atoms with Gasteiger partial charge in [-0.1, -0.05) is 48.2 Å². The first-order valence-electron chi connectivity index (χ1n) is 6.50. The molecule has 0 amide bonds. The Labute approximate surface area is 105 Å². The van der Waals surface area contributed by atoms with Crippen molar-refractivity contribution in [1.82, 2.24) is 0 Å². The third-order valence-corrected chi connectivity index (χ3v) is 3.01. The lowest BCUT2D eigenvalue weighted by molar-refractivity contribution is 0.163. The predicted molar refractivity (Wildman–Crippen MR) is 74.2 cm³/mol.